The normalized spacial score (nSPS) is 15.6. The van der Waals surface area contributed by atoms with E-state index in [1.54, 1.807) is 6.07 Å². The molecule has 2 aromatic rings. The number of anilines is 2. The monoisotopic (exact) mass is 268 g/mol. The van der Waals surface area contributed by atoms with Crippen molar-refractivity contribution in [2.75, 3.05) is 11.1 Å². The molecule has 0 heterocycles. The van der Waals surface area contributed by atoms with Crippen LogP contribution in [0.3, 0.4) is 0 Å². The molecule has 1 fully saturated rings. The second kappa shape index (κ2) is 4.56. The van der Waals surface area contributed by atoms with Crippen molar-refractivity contribution in [1.82, 2.24) is 0 Å². The van der Waals surface area contributed by atoms with E-state index < -0.39 is 5.41 Å². The summed E-state index contributed by atoms with van der Waals surface area (Å²) in [6.45, 7) is 0. The van der Waals surface area contributed by atoms with Crippen LogP contribution in [0.15, 0.2) is 48.5 Å². The van der Waals surface area contributed by atoms with Gasteiger partial charge in [-0.25, -0.2) is 0 Å². The molecule has 4 nitrogen and oxygen atoms in total. The van der Waals surface area contributed by atoms with Gasteiger partial charge in [-0.05, 0) is 30.5 Å². The molecule has 0 bridgehead atoms. The maximum atomic E-state index is 12.5. The highest BCUT2D eigenvalue weighted by molar-refractivity contribution is 6.03. The summed E-state index contributed by atoms with van der Waals surface area (Å²) in [5.41, 5.74) is 7.31. The summed E-state index contributed by atoms with van der Waals surface area (Å²) in [7, 11) is 0. The van der Waals surface area contributed by atoms with Gasteiger partial charge in [0.2, 0.25) is 5.91 Å². The zero-order valence-corrected chi connectivity index (χ0v) is 11.0. The molecule has 0 saturated heterocycles. The standard InChI is InChI=1S/C16H16N2O2/c17-13-10-12(19)6-7-14(13)18-15(20)16(8-9-16)11-4-2-1-3-5-11/h1-7,10,19H,8-9,17H2,(H,18,20). The fraction of sp³-hybridized carbons (Fsp3) is 0.188. The molecule has 1 aliphatic carbocycles. The number of aromatic hydroxyl groups is 1. The van der Waals surface area contributed by atoms with Gasteiger partial charge in [-0.1, -0.05) is 30.3 Å². The van der Waals surface area contributed by atoms with Crippen molar-refractivity contribution in [2.45, 2.75) is 18.3 Å². The average molecular weight is 268 g/mol. The first-order valence-electron chi connectivity index (χ1n) is 6.57. The lowest BCUT2D eigenvalue weighted by Gasteiger charge is -2.16. The van der Waals surface area contributed by atoms with Gasteiger partial charge >= 0.3 is 0 Å². The van der Waals surface area contributed by atoms with Crippen molar-refractivity contribution in [3.63, 3.8) is 0 Å². The van der Waals surface area contributed by atoms with Gasteiger partial charge < -0.3 is 16.2 Å². The lowest BCUT2D eigenvalue weighted by molar-refractivity contribution is -0.118. The number of phenols is 1. The summed E-state index contributed by atoms with van der Waals surface area (Å²) in [6, 6.07) is 14.3. The minimum Gasteiger partial charge on any atom is -0.508 e. The first-order chi connectivity index (χ1) is 9.62. The summed E-state index contributed by atoms with van der Waals surface area (Å²) in [5.74, 6) is 0.0470. The molecular formula is C16H16N2O2. The van der Waals surface area contributed by atoms with Crippen LogP contribution in [0.5, 0.6) is 5.75 Å². The molecule has 3 rings (SSSR count). The lowest BCUT2D eigenvalue weighted by atomic mass is 9.95. The van der Waals surface area contributed by atoms with E-state index in [2.05, 4.69) is 5.32 Å². The molecular weight excluding hydrogens is 252 g/mol. The molecule has 0 aromatic heterocycles. The Morgan fingerprint density at radius 2 is 1.85 bits per heavy atom. The van der Waals surface area contributed by atoms with Crippen LogP contribution in [0.4, 0.5) is 11.4 Å². The maximum Gasteiger partial charge on any atom is 0.235 e. The van der Waals surface area contributed by atoms with E-state index in [4.69, 9.17) is 5.73 Å². The Morgan fingerprint density at radius 3 is 2.45 bits per heavy atom. The number of hydrogen-bond donors (Lipinski definition) is 3. The number of nitrogen functional groups attached to an aromatic ring is 1. The fourth-order valence-electron chi connectivity index (χ4n) is 2.43. The molecule has 20 heavy (non-hydrogen) atoms. The Bertz CT molecular complexity index is 649. The summed E-state index contributed by atoms with van der Waals surface area (Å²) in [4.78, 5) is 12.5. The van der Waals surface area contributed by atoms with E-state index in [9.17, 15) is 9.90 Å². The number of carbonyl (C=O) groups excluding carboxylic acids is 1. The van der Waals surface area contributed by atoms with Crippen molar-refractivity contribution in [3.8, 4) is 5.75 Å². The van der Waals surface area contributed by atoms with Crippen LogP contribution in [0.2, 0.25) is 0 Å². The van der Waals surface area contributed by atoms with Gasteiger partial charge in [0.05, 0.1) is 16.8 Å². The molecule has 1 aliphatic rings. The van der Waals surface area contributed by atoms with Crippen LogP contribution in [0.25, 0.3) is 0 Å². The predicted octanol–water partition coefficient (Wildman–Crippen LogP) is 2.64. The molecule has 4 N–H and O–H groups in total. The number of hydrogen-bond acceptors (Lipinski definition) is 3. The topological polar surface area (TPSA) is 75.3 Å². The van der Waals surface area contributed by atoms with Gasteiger partial charge in [0.1, 0.15) is 5.75 Å². The van der Waals surface area contributed by atoms with Gasteiger partial charge in [0.15, 0.2) is 0 Å². The van der Waals surface area contributed by atoms with E-state index in [0.29, 0.717) is 11.4 Å². The van der Waals surface area contributed by atoms with Crippen LogP contribution in [0.1, 0.15) is 18.4 Å². The maximum absolute atomic E-state index is 12.5. The Labute approximate surface area is 117 Å². The number of amides is 1. The van der Waals surface area contributed by atoms with Crippen LogP contribution in [-0.2, 0) is 10.2 Å². The lowest BCUT2D eigenvalue weighted by Crippen LogP contribution is -2.28. The molecule has 0 spiro atoms. The molecule has 0 atom stereocenters. The Balaban J connectivity index is 1.83. The van der Waals surface area contributed by atoms with Gasteiger partial charge in [-0.3, -0.25) is 4.79 Å². The van der Waals surface area contributed by atoms with Gasteiger partial charge in [0, 0.05) is 6.07 Å². The fourth-order valence-corrected chi connectivity index (χ4v) is 2.43. The number of benzene rings is 2. The Morgan fingerprint density at radius 1 is 1.15 bits per heavy atom. The van der Waals surface area contributed by atoms with Crippen LogP contribution < -0.4 is 11.1 Å². The Hall–Kier alpha value is -2.49. The molecule has 0 unspecified atom stereocenters. The van der Waals surface area contributed by atoms with Gasteiger partial charge in [0.25, 0.3) is 0 Å². The SMILES string of the molecule is Nc1cc(O)ccc1NC(=O)C1(c2ccccc2)CC1. The molecule has 102 valence electrons. The highest BCUT2D eigenvalue weighted by Gasteiger charge is 2.51. The van der Waals surface area contributed by atoms with Crippen LogP contribution >= 0.6 is 0 Å². The van der Waals surface area contributed by atoms with E-state index >= 15 is 0 Å². The van der Waals surface area contributed by atoms with Crippen molar-refractivity contribution >= 4 is 17.3 Å². The van der Waals surface area contributed by atoms with Crippen LogP contribution in [0, 0.1) is 0 Å². The minimum atomic E-state index is -0.425. The molecule has 2 aromatic carbocycles. The zero-order chi connectivity index (χ0) is 14.2. The highest BCUT2D eigenvalue weighted by atomic mass is 16.3. The van der Waals surface area contributed by atoms with Crippen molar-refractivity contribution in [1.29, 1.82) is 0 Å². The first kappa shape index (κ1) is 12.5. The van der Waals surface area contributed by atoms with Crippen molar-refractivity contribution in [2.24, 2.45) is 0 Å². The number of nitrogens with one attached hydrogen (secondary N) is 1. The molecule has 1 amide bonds. The number of carbonyl (C=O) groups is 1. The second-order valence-electron chi connectivity index (χ2n) is 5.17. The number of rotatable bonds is 3. The van der Waals surface area contributed by atoms with E-state index in [0.717, 1.165) is 18.4 Å². The largest absolute Gasteiger partial charge is 0.508 e. The summed E-state index contributed by atoms with van der Waals surface area (Å²) in [6.07, 6.45) is 1.70. The number of phenolic OH excluding ortho intramolecular Hbond substituents is 1. The third-order valence-electron chi connectivity index (χ3n) is 3.79. The summed E-state index contributed by atoms with van der Waals surface area (Å²) < 4.78 is 0. The predicted molar refractivity (Wildman–Crippen MR) is 78.5 cm³/mol. The molecule has 0 aliphatic heterocycles. The third kappa shape index (κ3) is 2.09. The Kier molecular flexibility index (Phi) is 2.86. The quantitative estimate of drug-likeness (QED) is 0.591. The van der Waals surface area contributed by atoms with Crippen molar-refractivity contribution in [3.05, 3.63) is 54.1 Å². The third-order valence-corrected chi connectivity index (χ3v) is 3.79. The smallest absolute Gasteiger partial charge is 0.235 e. The zero-order valence-electron chi connectivity index (χ0n) is 11.0. The summed E-state index contributed by atoms with van der Waals surface area (Å²) >= 11 is 0. The second-order valence-corrected chi connectivity index (χ2v) is 5.17. The summed E-state index contributed by atoms with van der Waals surface area (Å²) in [5, 5.41) is 12.2. The molecule has 0 radical (unpaired) electrons. The van der Waals surface area contributed by atoms with E-state index in [1.165, 1.54) is 12.1 Å². The minimum absolute atomic E-state index is 0.0407. The molecule has 1 saturated carbocycles. The molecule has 4 heteroatoms. The van der Waals surface area contributed by atoms with E-state index in [-0.39, 0.29) is 11.7 Å². The number of nitrogens with two attached hydrogens (primary N) is 1. The van der Waals surface area contributed by atoms with Gasteiger partial charge in [-0.2, -0.15) is 0 Å². The highest BCUT2D eigenvalue weighted by Crippen LogP contribution is 2.49. The van der Waals surface area contributed by atoms with E-state index in [1.807, 2.05) is 30.3 Å². The van der Waals surface area contributed by atoms with Gasteiger partial charge in [-0.15, -0.1) is 0 Å². The van der Waals surface area contributed by atoms with Crippen LogP contribution in [-0.4, -0.2) is 11.0 Å². The average Bonchev–Trinajstić information content (AvgIpc) is 3.24. The first-order valence-corrected chi connectivity index (χ1v) is 6.57. The van der Waals surface area contributed by atoms with Crippen molar-refractivity contribution < 1.29 is 9.90 Å².